The van der Waals surface area contributed by atoms with Crippen LogP contribution in [0.5, 0.6) is 0 Å². The molecular weight excluding hydrogens is 246 g/mol. The Morgan fingerprint density at radius 1 is 1.25 bits per heavy atom. The molecule has 20 heavy (non-hydrogen) atoms. The van der Waals surface area contributed by atoms with Gasteiger partial charge in [-0.25, -0.2) is 9.97 Å². The third-order valence-corrected chi connectivity index (χ3v) is 4.12. The highest BCUT2D eigenvalue weighted by Gasteiger charge is 2.19. The second-order valence-corrected chi connectivity index (χ2v) is 5.77. The molecule has 1 aromatic heterocycles. The van der Waals surface area contributed by atoms with Gasteiger partial charge in [0.25, 0.3) is 0 Å². The van der Waals surface area contributed by atoms with E-state index in [1.807, 2.05) is 6.20 Å². The van der Waals surface area contributed by atoms with Crippen molar-refractivity contribution in [1.82, 2.24) is 9.97 Å². The van der Waals surface area contributed by atoms with Gasteiger partial charge in [0.15, 0.2) is 0 Å². The van der Waals surface area contributed by atoms with Crippen LogP contribution in [0.25, 0.3) is 0 Å². The molecule has 1 aliphatic carbocycles. The van der Waals surface area contributed by atoms with E-state index < -0.39 is 0 Å². The summed E-state index contributed by atoms with van der Waals surface area (Å²) in [7, 11) is 0. The minimum absolute atomic E-state index is 0.606. The minimum Gasteiger partial charge on any atom is -0.330 e. The van der Waals surface area contributed by atoms with Crippen LogP contribution in [-0.2, 0) is 19.3 Å². The van der Waals surface area contributed by atoms with E-state index in [4.69, 9.17) is 10.7 Å². The van der Waals surface area contributed by atoms with Gasteiger partial charge in [-0.15, -0.1) is 0 Å². The monoisotopic (exact) mass is 267 g/mol. The highest BCUT2D eigenvalue weighted by Crippen LogP contribution is 2.23. The van der Waals surface area contributed by atoms with Crippen LogP contribution in [0.15, 0.2) is 30.5 Å². The molecule has 1 heterocycles. The van der Waals surface area contributed by atoms with E-state index in [1.165, 1.54) is 22.4 Å². The van der Waals surface area contributed by atoms with Crippen molar-refractivity contribution in [3.63, 3.8) is 0 Å². The summed E-state index contributed by atoms with van der Waals surface area (Å²) in [6, 6.07) is 8.59. The molecule has 104 valence electrons. The Morgan fingerprint density at radius 3 is 2.80 bits per heavy atom. The summed E-state index contributed by atoms with van der Waals surface area (Å²) in [5.41, 5.74) is 10.8. The maximum Gasteiger partial charge on any atom is 0.132 e. The number of nitrogens with zero attached hydrogens (tertiary/aromatic N) is 2. The standard InChI is InChI=1S/C17H21N3/c1-12-2-4-13(5-3-12)9-17-19-11-15-8-14(10-18)6-7-16(15)20-17/h2-5,11,14H,6-10,18H2,1H3. The lowest BCUT2D eigenvalue weighted by Gasteiger charge is -2.22. The zero-order chi connectivity index (χ0) is 13.9. The SMILES string of the molecule is Cc1ccc(Cc2ncc3c(n2)CCC(CN)C3)cc1. The smallest absolute Gasteiger partial charge is 0.132 e. The van der Waals surface area contributed by atoms with E-state index in [9.17, 15) is 0 Å². The maximum atomic E-state index is 5.76. The number of benzene rings is 1. The number of nitrogens with two attached hydrogens (primary N) is 1. The number of rotatable bonds is 3. The number of hydrogen-bond donors (Lipinski definition) is 1. The molecule has 2 N–H and O–H groups in total. The summed E-state index contributed by atoms with van der Waals surface area (Å²) in [4.78, 5) is 9.27. The van der Waals surface area contributed by atoms with E-state index in [2.05, 4.69) is 36.2 Å². The summed E-state index contributed by atoms with van der Waals surface area (Å²) in [5, 5.41) is 0. The molecule has 0 aliphatic heterocycles. The Kier molecular flexibility index (Phi) is 3.79. The van der Waals surface area contributed by atoms with Crippen LogP contribution < -0.4 is 5.73 Å². The van der Waals surface area contributed by atoms with Gasteiger partial charge in [0, 0.05) is 18.3 Å². The fourth-order valence-electron chi connectivity index (χ4n) is 2.80. The predicted octanol–water partition coefficient (Wildman–Crippen LogP) is 2.44. The summed E-state index contributed by atoms with van der Waals surface area (Å²) in [5.74, 6) is 1.54. The van der Waals surface area contributed by atoms with Crippen LogP contribution in [0.2, 0.25) is 0 Å². The molecule has 0 bridgehead atoms. The van der Waals surface area contributed by atoms with Crippen LogP contribution in [0.4, 0.5) is 0 Å². The van der Waals surface area contributed by atoms with Crippen LogP contribution >= 0.6 is 0 Å². The first-order valence-electron chi connectivity index (χ1n) is 7.34. The molecule has 0 saturated carbocycles. The molecule has 0 saturated heterocycles. The predicted molar refractivity (Wildman–Crippen MR) is 80.6 cm³/mol. The first-order chi connectivity index (χ1) is 9.74. The second kappa shape index (κ2) is 5.71. The third kappa shape index (κ3) is 2.88. The lowest BCUT2D eigenvalue weighted by Crippen LogP contribution is -2.23. The van der Waals surface area contributed by atoms with Crippen molar-refractivity contribution in [2.24, 2.45) is 11.7 Å². The highest BCUT2D eigenvalue weighted by molar-refractivity contribution is 5.26. The van der Waals surface area contributed by atoms with Gasteiger partial charge in [0.1, 0.15) is 5.82 Å². The first-order valence-corrected chi connectivity index (χ1v) is 7.34. The first kappa shape index (κ1) is 13.3. The zero-order valence-electron chi connectivity index (χ0n) is 12.0. The molecule has 1 aliphatic rings. The van der Waals surface area contributed by atoms with Gasteiger partial charge in [0.2, 0.25) is 0 Å². The second-order valence-electron chi connectivity index (χ2n) is 5.77. The molecule has 3 rings (SSSR count). The maximum absolute atomic E-state index is 5.76. The fraction of sp³-hybridized carbons (Fsp3) is 0.412. The third-order valence-electron chi connectivity index (χ3n) is 4.12. The molecule has 1 aromatic carbocycles. The molecule has 2 aromatic rings. The molecule has 0 fully saturated rings. The lowest BCUT2D eigenvalue weighted by atomic mass is 9.87. The average molecular weight is 267 g/mol. The van der Waals surface area contributed by atoms with Crippen molar-refractivity contribution in [3.05, 3.63) is 58.7 Å². The average Bonchev–Trinajstić information content (AvgIpc) is 2.49. The van der Waals surface area contributed by atoms with E-state index in [-0.39, 0.29) is 0 Å². The quantitative estimate of drug-likeness (QED) is 0.929. The Hall–Kier alpha value is -1.74. The van der Waals surface area contributed by atoms with Gasteiger partial charge in [-0.05, 0) is 49.8 Å². The van der Waals surface area contributed by atoms with Gasteiger partial charge in [0.05, 0.1) is 0 Å². The molecule has 0 spiro atoms. The molecular formula is C17H21N3. The van der Waals surface area contributed by atoms with Crippen LogP contribution in [0.3, 0.4) is 0 Å². The Labute approximate surface area is 120 Å². The molecule has 3 heteroatoms. The normalized spacial score (nSPS) is 17.8. The van der Waals surface area contributed by atoms with Gasteiger partial charge in [-0.3, -0.25) is 0 Å². The van der Waals surface area contributed by atoms with Crippen molar-refractivity contribution in [2.45, 2.75) is 32.6 Å². The number of fused-ring (bicyclic) bond motifs is 1. The summed E-state index contributed by atoms with van der Waals surface area (Å²) in [6.07, 6.45) is 6.06. The number of hydrogen-bond acceptors (Lipinski definition) is 3. The summed E-state index contributed by atoms with van der Waals surface area (Å²) in [6.45, 7) is 2.87. The van der Waals surface area contributed by atoms with Crippen LogP contribution in [0.1, 0.15) is 34.6 Å². The Morgan fingerprint density at radius 2 is 2.05 bits per heavy atom. The van der Waals surface area contributed by atoms with E-state index in [0.717, 1.165) is 38.1 Å². The number of aryl methyl sites for hydroxylation is 2. The lowest BCUT2D eigenvalue weighted by molar-refractivity contribution is 0.460. The van der Waals surface area contributed by atoms with Gasteiger partial charge >= 0.3 is 0 Å². The molecule has 3 nitrogen and oxygen atoms in total. The fourth-order valence-corrected chi connectivity index (χ4v) is 2.80. The van der Waals surface area contributed by atoms with Gasteiger partial charge in [-0.2, -0.15) is 0 Å². The van der Waals surface area contributed by atoms with Crippen LogP contribution in [-0.4, -0.2) is 16.5 Å². The Bertz CT molecular complexity index is 590. The highest BCUT2D eigenvalue weighted by atomic mass is 14.9. The van der Waals surface area contributed by atoms with E-state index in [0.29, 0.717) is 5.92 Å². The molecule has 1 atom stereocenters. The van der Waals surface area contributed by atoms with E-state index >= 15 is 0 Å². The van der Waals surface area contributed by atoms with Crippen molar-refractivity contribution < 1.29 is 0 Å². The van der Waals surface area contributed by atoms with Crippen molar-refractivity contribution >= 4 is 0 Å². The Balaban J connectivity index is 1.77. The largest absolute Gasteiger partial charge is 0.330 e. The van der Waals surface area contributed by atoms with Gasteiger partial charge < -0.3 is 5.73 Å². The van der Waals surface area contributed by atoms with Gasteiger partial charge in [-0.1, -0.05) is 29.8 Å². The number of aromatic nitrogens is 2. The summed E-state index contributed by atoms with van der Waals surface area (Å²) >= 11 is 0. The zero-order valence-corrected chi connectivity index (χ0v) is 12.0. The van der Waals surface area contributed by atoms with Crippen molar-refractivity contribution in [3.8, 4) is 0 Å². The molecule has 1 unspecified atom stereocenters. The topological polar surface area (TPSA) is 51.8 Å². The minimum atomic E-state index is 0.606. The summed E-state index contributed by atoms with van der Waals surface area (Å²) < 4.78 is 0. The van der Waals surface area contributed by atoms with Crippen LogP contribution in [0, 0.1) is 12.8 Å². The van der Waals surface area contributed by atoms with Crippen molar-refractivity contribution in [2.75, 3.05) is 6.54 Å². The molecule has 0 amide bonds. The molecule has 0 radical (unpaired) electrons. The van der Waals surface area contributed by atoms with E-state index in [1.54, 1.807) is 0 Å². The van der Waals surface area contributed by atoms with Crippen molar-refractivity contribution in [1.29, 1.82) is 0 Å².